The summed E-state index contributed by atoms with van der Waals surface area (Å²) in [6, 6.07) is 0.927. The molecule has 2 rings (SSSR count). The van der Waals surface area contributed by atoms with Crippen LogP contribution in [0.1, 0.15) is 11.3 Å². The molecule has 0 radical (unpaired) electrons. The second-order valence-electron chi connectivity index (χ2n) is 4.97. The second-order valence-corrected chi connectivity index (χ2v) is 5.76. The predicted octanol–water partition coefficient (Wildman–Crippen LogP) is 2.38. The zero-order chi connectivity index (χ0) is 16.3. The van der Waals surface area contributed by atoms with Crippen molar-refractivity contribution in [2.24, 2.45) is 0 Å². The fourth-order valence-electron chi connectivity index (χ4n) is 2.22. The summed E-state index contributed by atoms with van der Waals surface area (Å²) in [6.45, 7) is 3.45. The van der Waals surface area contributed by atoms with Crippen LogP contribution in [0.3, 0.4) is 0 Å². The number of nitrogens with zero attached hydrogens (tertiary/aromatic N) is 3. The van der Waals surface area contributed by atoms with Crippen molar-refractivity contribution in [2.75, 3.05) is 33.2 Å². The highest BCUT2D eigenvalue weighted by molar-refractivity contribution is 7.80. The molecule has 1 fully saturated rings. The maximum Gasteiger partial charge on any atom is 0.417 e. The normalized spacial score (nSPS) is 16.7. The van der Waals surface area contributed by atoms with Crippen molar-refractivity contribution in [1.82, 2.24) is 20.1 Å². The van der Waals surface area contributed by atoms with Crippen molar-refractivity contribution in [2.45, 2.75) is 12.7 Å². The first-order chi connectivity index (χ1) is 10.3. The van der Waals surface area contributed by atoms with Crippen LogP contribution in [-0.4, -0.2) is 53.1 Å². The lowest BCUT2D eigenvalue weighted by Crippen LogP contribution is -2.50. The van der Waals surface area contributed by atoms with E-state index in [9.17, 15) is 13.2 Å². The Morgan fingerprint density at radius 1 is 1.36 bits per heavy atom. The molecular weight excluding hydrogens is 337 g/mol. The quantitative estimate of drug-likeness (QED) is 0.826. The minimum atomic E-state index is -4.43. The zero-order valence-corrected chi connectivity index (χ0v) is 13.5. The monoisotopic (exact) mass is 352 g/mol. The van der Waals surface area contributed by atoms with Gasteiger partial charge in [0, 0.05) is 46.0 Å². The highest BCUT2D eigenvalue weighted by Gasteiger charge is 2.31. The van der Waals surface area contributed by atoms with Gasteiger partial charge in [0.1, 0.15) is 0 Å². The van der Waals surface area contributed by atoms with Gasteiger partial charge in [0.05, 0.1) is 16.3 Å². The van der Waals surface area contributed by atoms with E-state index < -0.39 is 11.7 Å². The number of alkyl halides is 3. The van der Waals surface area contributed by atoms with E-state index in [2.05, 4.69) is 15.2 Å². The summed E-state index contributed by atoms with van der Waals surface area (Å²) in [5, 5.41) is 3.67. The van der Waals surface area contributed by atoms with E-state index in [1.54, 1.807) is 7.05 Å². The Morgan fingerprint density at radius 3 is 2.50 bits per heavy atom. The van der Waals surface area contributed by atoms with Gasteiger partial charge in [-0.15, -0.1) is 0 Å². The number of hydrogen-bond acceptors (Lipinski definition) is 3. The lowest BCUT2D eigenvalue weighted by Gasteiger charge is -2.35. The first kappa shape index (κ1) is 17.2. The number of piperazine rings is 1. The molecule has 1 aliphatic rings. The molecule has 22 heavy (non-hydrogen) atoms. The number of nitrogens with one attached hydrogen (secondary N) is 1. The van der Waals surface area contributed by atoms with Crippen molar-refractivity contribution in [1.29, 1.82) is 0 Å². The van der Waals surface area contributed by atoms with E-state index >= 15 is 0 Å². The van der Waals surface area contributed by atoms with Gasteiger partial charge in [-0.2, -0.15) is 13.2 Å². The SMILES string of the molecule is CNC(=S)N1CCN(Cc2ncc(C(F)(F)F)cc2Cl)CC1. The fraction of sp³-hybridized carbons (Fsp3) is 0.538. The molecule has 9 heteroatoms. The maximum absolute atomic E-state index is 12.6. The Morgan fingerprint density at radius 2 is 2.00 bits per heavy atom. The Bertz CT molecular complexity index is 545. The Labute approximate surface area is 137 Å². The molecule has 122 valence electrons. The van der Waals surface area contributed by atoms with Gasteiger partial charge in [0.15, 0.2) is 5.11 Å². The average Bonchev–Trinajstić information content (AvgIpc) is 2.48. The minimum Gasteiger partial charge on any atom is -0.366 e. The van der Waals surface area contributed by atoms with E-state index in [1.807, 2.05) is 4.90 Å². The molecule has 2 heterocycles. The van der Waals surface area contributed by atoms with Crippen molar-refractivity contribution in [3.8, 4) is 0 Å². The molecule has 0 atom stereocenters. The Kier molecular flexibility index (Phi) is 5.46. The molecule has 0 amide bonds. The van der Waals surface area contributed by atoms with Crippen molar-refractivity contribution in [3.05, 3.63) is 28.5 Å². The van der Waals surface area contributed by atoms with Gasteiger partial charge in [-0.05, 0) is 18.3 Å². The molecule has 0 bridgehead atoms. The molecule has 0 spiro atoms. The molecular formula is C13H16ClF3N4S. The van der Waals surface area contributed by atoms with Crippen LogP contribution < -0.4 is 5.32 Å². The highest BCUT2D eigenvalue weighted by atomic mass is 35.5. The molecule has 0 aliphatic carbocycles. The lowest BCUT2D eigenvalue weighted by atomic mass is 10.2. The van der Waals surface area contributed by atoms with E-state index in [0.717, 1.165) is 38.4 Å². The van der Waals surface area contributed by atoms with Gasteiger partial charge in [-0.1, -0.05) is 11.6 Å². The number of aromatic nitrogens is 1. The Balaban J connectivity index is 1.97. The maximum atomic E-state index is 12.6. The van der Waals surface area contributed by atoms with Crippen molar-refractivity contribution in [3.63, 3.8) is 0 Å². The number of hydrogen-bond donors (Lipinski definition) is 1. The molecule has 1 aromatic heterocycles. The topological polar surface area (TPSA) is 31.4 Å². The summed E-state index contributed by atoms with van der Waals surface area (Å²) in [6.07, 6.45) is -3.60. The lowest BCUT2D eigenvalue weighted by molar-refractivity contribution is -0.137. The second kappa shape index (κ2) is 6.97. The number of rotatable bonds is 2. The standard InChI is InChI=1S/C13H16ClF3N4S/c1-18-12(22)21-4-2-20(3-5-21)8-11-10(14)6-9(7-19-11)13(15,16)17/h6-7H,2-5,8H2,1H3,(H,18,22). The van der Waals surface area contributed by atoms with Crippen LogP contribution >= 0.6 is 23.8 Å². The summed E-state index contributed by atoms with van der Waals surface area (Å²) in [5.41, 5.74) is -0.371. The zero-order valence-electron chi connectivity index (χ0n) is 12.0. The van der Waals surface area contributed by atoms with Crippen LogP contribution in [0.15, 0.2) is 12.3 Å². The number of thiocarbonyl (C=S) groups is 1. The molecule has 0 unspecified atom stereocenters. The van der Waals surface area contributed by atoms with Gasteiger partial charge in [-0.3, -0.25) is 9.88 Å². The Hall–Kier alpha value is -1.12. The first-order valence-electron chi connectivity index (χ1n) is 6.72. The largest absolute Gasteiger partial charge is 0.417 e. The van der Waals surface area contributed by atoms with Gasteiger partial charge in [0.25, 0.3) is 0 Å². The molecule has 0 saturated carbocycles. The van der Waals surface area contributed by atoms with E-state index in [-0.39, 0.29) is 5.02 Å². The van der Waals surface area contributed by atoms with E-state index in [1.165, 1.54) is 0 Å². The molecule has 1 aliphatic heterocycles. The van der Waals surface area contributed by atoms with Gasteiger partial charge >= 0.3 is 6.18 Å². The van der Waals surface area contributed by atoms with Crippen LogP contribution in [0.4, 0.5) is 13.2 Å². The first-order valence-corrected chi connectivity index (χ1v) is 7.50. The van der Waals surface area contributed by atoms with Crippen LogP contribution in [0.25, 0.3) is 0 Å². The van der Waals surface area contributed by atoms with Gasteiger partial charge in [-0.25, -0.2) is 0 Å². The van der Waals surface area contributed by atoms with Crippen LogP contribution in [-0.2, 0) is 12.7 Å². The molecule has 0 aromatic carbocycles. The van der Waals surface area contributed by atoms with Crippen LogP contribution in [0.2, 0.25) is 5.02 Å². The summed E-state index contributed by atoms with van der Waals surface area (Å²) in [5.74, 6) is 0. The van der Waals surface area contributed by atoms with E-state index in [0.29, 0.717) is 17.4 Å². The molecule has 1 N–H and O–H groups in total. The van der Waals surface area contributed by atoms with Crippen LogP contribution in [0.5, 0.6) is 0 Å². The smallest absolute Gasteiger partial charge is 0.366 e. The molecule has 4 nitrogen and oxygen atoms in total. The molecule has 1 saturated heterocycles. The number of halogens is 4. The third-order valence-corrected chi connectivity index (χ3v) is 4.28. The summed E-state index contributed by atoms with van der Waals surface area (Å²) < 4.78 is 37.7. The fourth-order valence-corrected chi connectivity index (χ4v) is 2.63. The number of pyridine rings is 1. The average molecular weight is 353 g/mol. The van der Waals surface area contributed by atoms with Gasteiger partial charge < -0.3 is 10.2 Å². The molecule has 1 aromatic rings. The van der Waals surface area contributed by atoms with Crippen LogP contribution in [0, 0.1) is 0 Å². The van der Waals surface area contributed by atoms with Gasteiger partial charge in [0.2, 0.25) is 0 Å². The summed E-state index contributed by atoms with van der Waals surface area (Å²) in [4.78, 5) is 8.01. The summed E-state index contributed by atoms with van der Waals surface area (Å²) in [7, 11) is 1.78. The third kappa shape index (κ3) is 4.21. The summed E-state index contributed by atoms with van der Waals surface area (Å²) >= 11 is 11.1. The van der Waals surface area contributed by atoms with E-state index in [4.69, 9.17) is 23.8 Å². The predicted molar refractivity (Wildman–Crippen MR) is 82.8 cm³/mol. The van der Waals surface area contributed by atoms with Crippen molar-refractivity contribution < 1.29 is 13.2 Å². The minimum absolute atomic E-state index is 0.0444. The third-order valence-electron chi connectivity index (χ3n) is 3.49. The highest BCUT2D eigenvalue weighted by Crippen LogP contribution is 2.31. The van der Waals surface area contributed by atoms with Crippen molar-refractivity contribution >= 4 is 28.9 Å².